The Morgan fingerprint density at radius 2 is 1.23 bits per heavy atom. The average molecular weight is 485 g/mol. The van der Waals surface area contributed by atoms with E-state index in [0.29, 0.717) is 6.42 Å². The minimum atomic E-state index is -4.48. The molecule has 0 radical (unpaired) electrons. The number of aliphatic carboxylic acids is 1. The third-order valence-electron chi connectivity index (χ3n) is 3.84. The molecule has 0 saturated heterocycles. The van der Waals surface area contributed by atoms with Gasteiger partial charge < -0.3 is 36.4 Å². The molecule has 0 atom stereocenters. The zero-order valence-electron chi connectivity index (χ0n) is 19.0. The smallest absolute Gasteiger partial charge is 0.726 e. The normalized spacial score (nSPS) is 10.8. The molecule has 0 aliphatic heterocycles. The Hall–Kier alpha value is 0.140. The molecule has 11 nitrogen and oxygen atoms in total. The van der Waals surface area contributed by atoms with Gasteiger partial charge in [0.25, 0.3) is 0 Å². The molecule has 0 heterocycles. The van der Waals surface area contributed by atoms with Gasteiger partial charge in [0, 0.05) is 0 Å². The SMILES string of the molecule is CCCCCCCCCCCCOS(=O)(=O)[O-].NC(CO)(CO)CO.NCC(=O)O.[Na+]. The third-order valence-corrected chi connectivity index (χ3v) is 4.30. The molecule has 31 heavy (non-hydrogen) atoms. The predicted molar refractivity (Wildman–Crippen MR) is 112 cm³/mol. The molecule has 0 aromatic carbocycles. The minimum absolute atomic E-state index is 0. The van der Waals surface area contributed by atoms with Crippen molar-refractivity contribution in [2.24, 2.45) is 11.5 Å². The summed E-state index contributed by atoms with van der Waals surface area (Å²) in [5.74, 6) is -0.968. The van der Waals surface area contributed by atoms with Crippen LogP contribution in [0, 0.1) is 0 Å². The van der Waals surface area contributed by atoms with E-state index < -0.39 is 41.7 Å². The molecule has 0 fully saturated rings. The standard InChI is InChI=1S/C12H26O4S.C4H11NO3.C2H5NO2.Na/c1-2-3-4-5-6-7-8-9-10-11-12-16-17(13,14)15;5-4(1-6,2-7)3-8;3-1-2(4)5;/h2-12H2,1H3,(H,13,14,15);6-8H,1-3,5H2;1,3H2,(H,4,5);/q;;;+1/p-1. The maximum absolute atomic E-state index is 10.1. The maximum atomic E-state index is 10.1. The van der Waals surface area contributed by atoms with E-state index >= 15 is 0 Å². The van der Waals surface area contributed by atoms with Crippen molar-refractivity contribution in [3.8, 4) is 0 Å². The molecule has 0 unspecified atom stereocenters. The molecule has 8 N–H and O–H groups in total. The topological polar surface area (TPSA) is 216 Å². The van der Waals surface area contributed by atoms with Crippen LogP contribution in [0.4, 0.5) is 0 Å². The number of carbonyl (C=O) groups is 1. The number of carboxylic acid groups (broad SMARTS) is 1. The number of aliphatic hydroxyl groups is 3. The number of aliphatic hydroxyl groups excluding tert-OH is 3. The Morgan fingerprint density at radius 3 is 1.45 bits per heavy atom. The van der Waals surface area contributed by atoms with Gasteiger partial charge in [-0.3, -0.25) is 8.98 Å². The van der Waals surface area contributed by atoms with Gasteiger partial charge in [-0.05, 0) is 6.42 Å². The van der Waals surface area contributed by atoms with Crippen LogP contribution in [-0.4, -0.2) is 77.9 Å². The van der Waals surface area contributed by atoms with Gasteiger partial charge in [-0.15, -0.1) is 0 Å². The summed E-state index contributed by atoms with van der Waals surface area (Å²) in [5, 5.41) is 32.6. The first-order chi connectivity index (χ1) is 14.0. The van der Waals surface area contributed by atoms with Crippen LogP contribution < -0.4 is 41.0 Å². The molecule has 0 aliphatic carbocycles. The zero-order valence-corrected chi connectivity index (χ0v) is 21.8. The summed E-state index contributed by atoms with van der Waals surface area (Å²) in [6, 6.07) is 0. The molecule has 0 spiro atoms. The van der Waals surface area contributed by atoms with Gasteiger partial charge in [-0.1, -0.05) is 64.7 Å². The molecule has 0 rings (SSSR count). The number of hydrogen-bond acceptors (Lipinski definition) is 10. The van der Waals surface area contributed by atoms with Crippen molar-refractivity contribution in [1.82, 2.24) is 0 Å². The van der Waals surface area contributed by atoms with Gasteiger partial charge in [0.05, 0.1) is 38.5 Å². The first-order valence-corrected chi connectivity index (χ1v) is 11.5. The molecule has 0 aromatic rings. The Bertz CT molecular complexity index is 470. The van der Waals surface area contributed by atoms with E-state index in [1.807, 2.05) is 0 Å². The van der Waals surface area contributed by atoms with Crippen LogP contribution in [0.25, 0.3) is 0 Å². The summed E-state index contributed by atoms with van der Waals surface area (Å²) < 4.78 is 34.5. The van der Waals surface area contributed by atoms with Crippen LogP contribution in [0.3, 0.4) is 0 Å². The molecule has 0 saturated carbocycles. The zero-order chi connectivity index (χ0) is 23.9. The molecular formula is C18H41N2NaO9S. The Kier molecular flexibility index (Phi) is 32.7. The second-order valence-electron chi connectivity index (χ2n) is 6.85. The fourth-order valence-electron chi connectivity index (χ4n) is 1.90. The largest absolute Gasteiger partial charge is 1.00 e. The van der Waals surface area contributed by atoms with Crippen molar-refractivity contribution >= 4 is 16.4 Å². The number of hydrogen-bond donors (Lipinski definition) is 6. The fourth-order valence-corrected chi connectivity index (χ4v) is 2.22. The van der Waals surface area contributed by atoms with E-state index in [0.717, 1.165) is 12.8 Å². The Morgan fingerprint density at radius 1 is 0.903 bits per heavy atom. The molecule has 0 bridgehead atoms. The predicted octanol–water partition coefficient (Wildman–Crippen LogP) is -2.92. The number of nitrogens with two attached hydrogens (primary N) is 2. The number of rotatable bonds is 16. The van der Waals surface area contributed by atoms with E-state index in [-0.39, 0.29) is 42.7 Å². The second-order valence-corrected chi connectivity index (χ2v) is 7.90. The molecule has 0 aliphatic rings. The van der Waals surface area contributed by atoms with Gasteiger partial charge in [0.2, 0.25) is 10.4 Å². The third kappa shape index (κ3) is 37.8. The van der Waals surface area contributed by atoms with Gasteiger partial charge in [-0.25, -0.2) is 8.42 Å². The Balaban J connectivity index is -0.000000216. The Labute approximate surface area is 208 Å². The van der Waals surface area contributed by atoms with Crippen LogP contribution in [-0.2, 0) is 19.4 Å². The summed E-state index contributed by atoms with van der Waals surface area (Å²) in [7, 11) is -4.48. The van der Waals surface area contributed by atoms with E-state index in [1.54, 1.807) is 0 Å². The van der Waals surface area contributed by atoms with Crippen molar-refractivity contribution in [3.05, 3.63) is 0 Å². The van der Waals surface area contributed by atoms with Gasteiger partial charge in [0.15, 0.2) is 0 Å². The van der Waals surface area contributed by atoms with E-state index in [9.17, 15) is 17.8 Å². The summed E-state index contributed by atoms with van der Waals surface area (Å²) in [5.41, 5.74) is 8.51. The average Bonchev–Trinajstić information content (AvgIpc) is 2.71. The van der Waals surface area contributed by atoms with Crippen LogP contribution in [0.1, 0.15) is 71.1 Å². The first-order valence-electron chi connectivity index (χ1n) is 10.1. The first kappa shape index (κ1) is 38.4. The monoisotopic (exact) mass is 484 g/mol. The summed E-state index contributed by atoms with van der Waals surface area (Å²) >= 11 is 0. The minimum Gasteiger partial charge on any atom is -0.726 e. The van der Waals surface area contributed by atoms with Crippen LogP contribution in [0.5, 0.6) is 0 Å². The van der Waals surface area contributed by atoms with Gasteiger partial charge >= 0.3 is 35.5 Å². The van der Waals surface area contributed by atoms with Crippen molar-refractivity contribution in [2.45, 2.75) is 76.7 Å². The summed E-state index contributed by atoms with van der Waals surface area (Å²) in [6.07, 6.45) is 11.7. The molecule has 13 heteroatoms. The van der Waals surface area contributed by atoms with Crippen LogP contribution in [0.2, 0.25) is 0 Å². The maximum Gasteiger partial charge on any atom is 1.00 e. The fraction of sp³-hybridized carbons (Fsp3) is 0.944. The van der Waals surface area contributed by atoms with Crippen LogP contribution in [0.15, 0.2) is 0 Å². The molecule has 0 amide bonds. The summed E-state index contributed by atoms with van der Waals surface area (Å²) in [4.78, 5) is 9.24. The molecular weight excluding hydrogens is 443 g/mol. The van der Waals surface area contributed by atoms with Crippen LogP contribution >= 0.6 is 0 Å². The second kappa shape index (κ2) is 26.4. The van der Waals surface area contributed by atoms with Crippen molar-refractivity contribution in [2.75, 3.05) is 33.0 Å². The molecule has 0 aromatic heterocycles. The van der Waals surface area contributed by atoms with Gasteiger partial charge in [-0.2, -0.15) is 0 Å². The molecule has 184 valence electrons. The summed E-state index contributed by atoms with van der Waals surface area (Å²) in [6.45, 7) is 0.756. The van der Waals surface area contributed by atoms with E-state index in [4.69, 9.17) is 26.2 Å². The van der Waals surface area contributed by atoms with Crippen molar-refractivity contribution in [1.29, 1.82) is 0 Å². The van der Waals surface area contributed by atoms with Crippen molar-refractivity contribution in [3.63, 3.8) is 0 Å². The van der Waals surface area contributed by atoms with E-state index in [1.165, 1.54) is 44.9 Å². The quantitative estimate of drug-likeness (QED) is 0.0564. The van der Waals surface area contributed by atoms with Gasteiger partial charge in [0.1, 0.15) is 0 Å². The number of carboxylic acids is 1. The van der Waals surface area contributed by atoms with E-state index in [2.05, 4.69) is 16.8 Å². The van der Waals surface area contributed by atoms with Crippen molar-refractivity contribution < 1.29 is 71.9 Å². The number of unbranched alkanes of at least 4 members (excludes halogenated alkanes) is 9.